The van der Waals surface area contributed by atoms with E-state index in [2.05, 4.69) is 10.3 Å². The zero-order valence-electron chi connectivity index (χ0n) is 18.2. The molecular formula is C20H28N6O5P2. The maximum absolute atomic E-state index is 12.4. The molecule has 0 spiro atoms. The molecule has 0 bridgehead atoms. The van der Waals surface area contributed by atoms with Crippen LogP contribution in [0.3, 0.4) is 0 Å². The van der Waals surface area contributed by atoms with Crippen molar-refractivity contribution in [2.75, 3.05) is 11.2 Å². The maximum Gasteiger partial charge on any atom is 0.335 e. The van der Waals surface area contributed by atoms with Crippen LogP contribution in [0.4, 0.5) is 11.5 Å². The molecule has 1 atom stereocenters. The van der Waals surface area contributed by atoms with E-state index < -0.39 is 20.9 Å². The van der Waals surface area contributed by atoms with Crippen LogP contribution in [0.15, 0.2) is 30.6 Å². The van der Waals surface area contributed by atoms with Crippen LogP contribution in [0.5, 0.6) is 0 Å². The second-order valence-electron chi connectivity index (χ2n) is 8.42. The summed E-state index contributed by atoms with van der Waals surface area (Å²) in [6.07, 6.45) is 5.43. The summed E-state index contributed by atoms with van der Waals surface area (Å²) in [5, 5.41) is 3.19. The van der Waals surface area contributed by atoms with Crippen molar-refractivity contribution in [1.29, 1.82) is 0 Å². The first-order valence-corrected chi connectivity index (χ1v) is 14.4. The summed E-state index contributed by atoms with van der Waals surface area (Å²) >= 11 is 0. The number of aromatic nitrogens is 4. The number of hydrogen-bond donors (Lipinski definition) is 5. The number of imidazole rings is 1. The number of benzene rings is 1. The molecule has 11 nitrogen and oxygen atoms in total. The van der Waals surface area contributed by atoms with E-state index in [1.165, 1.54) is 12.1 Å². The number of hydrogen-bond acceptors (Lipinski definition) is 7. The Hall–Kier alpha value is -2.13. The summed E-state index contributed by atoms with van der Waals surface area (Å²) in [6.45, 7) is 2.72. The fourth-order valence-electron chi connectivity index (χ4n) is 4.09. The van der Waals surface area contributed by atoms with Crippen LogP contribution in [-0.2, 0) is 15.7 Å². The molecule has 0 saturated heterocycles. The molecule has 6 N–H and O–H groups in total. The molecule has 1 unspecified atom stereocenters. The van der Waals surface area contributed by atoms with Crippen LogP contribution in [0.2, 0.25) is 0 Å². The molecule has 0 amide bonds. The third-order valence-corrected chi connectivity index (χ3v) is 9.98. The molecule has 0 aliphatic heterocycles. The summed E-state index contributed by atoms with van der Waals surface area (Å²) in [5.41, 5.74) is 8.00. The lowest BCUT2D eigenvalue weighted by Crippen LogP contribution is -2.26. The summed E-state index contributed by atoms with van der Waals surface area (Å²) < 4.78 is 25.5. The third-order valence-electron chi connectivity index (χ3n) is 5.87. The lowest BCUT2D eigenvalue weighted by molar-refractivity contribution is 0.376. The molecular weight excluding hydrogens is 466 g/mol. The molecule has 2 aromatic heterocycles. The Kier molecular flexibility index (Phi) is 6.73. The van der Waals surface area contributed by atoms with E-state index in [0.717, 1.165) is 37.2 Å². The zero-order valence-corrected chi connectivity index (χ0v) is 20.0. The van der Waals surface area contributed by atoms with Gasteiger partial charge in [-0.15, -0.1) is 0 Å². The molecule has 0 radical (unpaired) electrons. The van der Waals surface area contributed by atoms with E-state index in [-0.39, 0.29) is 17.3 Å². The molecule has 2 heterocycles. The SMILES string of the molecule is CCn1cnc2c(Nc3ccc(P(=O)(O)CP(=O)(O)O)cc3)nc(C3CCC(N)CC3)nc21. The molecule has 178 valence electrons. The van der Waals surface area contributed by atoms with Crippen molar-refractivity contribution >= 4 is 42.9 Å². The Labute approximate surface area is 191 Å². The largest absolute Gasteiger partial charge is 0.341 e. The van der Waals surface area contributed by atoms with Crippen LogP contribution in [0.25, 0.3) is 11.2 Å². The van der Waals surface area contributed by atoms with Gasteiger partial charge in [0.15, 0.2) is 17.0 Å². The van der Waals surface area contributed by atoms with Crippen LogP contribution >= 0.6 is 15.0 Å². The van der Waals surface area contributed by atoms with Gasteiger partial charge in [0.05, 0.1) is 6.33 Å². The van der Waals surface area contributed by atoms with Gasteiger partial charge in [-0.25, -0.2) is 15.0 Å². The second-order valence-corrected chi connectivity index (χ2v) is 12.8. The van der Waals surface area contributed by atoms with E-state index in [0.29, 0.717) is 23.6 Å². The number of rotatable bonds is 7. The van der Waals surface area contributed by atoms with Gasteiger partial charge in [-0.3, -0.25) is 9.13 Å². The standard InChI is InChI=1S/C20H28N6O5P2/c1-2-26-11-22-17-19(24-18(25-20(17)26)13-3-5-14(21)6-4-13)23-15-7-9-16(10-8-15)32(27,28)12-33(29,30)31/h7-11,13-14H,2-6,12,21H2,1H3,(H,27,28)(H,23,24,25)(H2,29,30,31). The fourth-order valence-corrected chi connectivity index (χ4v) is 7.35. The van der Waals surface area contributed by atoms with Gasteiger partial charge in [0, 0.05) is 29.5 Å². The van der Waals surface area contributed by atoms with Gasteiger partial charge in [0.25, 0.3) is 0 Å². The normalized spacial score (nSPS) is 21.1. The van der Waals surface area contributed by atoms with E-state index in [4.69, 9.17) is 25.5 Å². The quantitative estimate of drug-likeness (QED) is 0.307. The van der Waals surface area contributed by atoms with Crippen molar-refractivity contribution < 1.29 is 23.8 Å². The molecule has 1 aliphatic rings. The zero-order chi connectivity index (χ0) is 23.8. The lowest BCUT2D eigenvalue weighted by atomic mass is 9.86. The first-order chi connectivity index (χ1) is 15.6. The Morgan fingerprint density at radius 3 is 2.36 bits per heavy atom. The van der Waals surface area contributed by atoms with E-state index >= 15 is 0 Å². The second kappa shape index (κ2) is 9.25. The van der Waals surface area contributed by atoms with Gasteiger partial charge in [-0.2, -0.15) is 0 Å². The minimum absolute atomic E-state index is 0.0290. The molecule has 13 heteroatoms. The average Bonchev–Trinajstić information content (AvgIpc) is 3.16. The molecule has 1 saturated carbocycles. The van der Waals surface area contributed by atoms with E-state index in [9.17, 15) is 14.0 Å². The van der Waals surface area contributed by atoms with Crippen molar-refractivity contribution in [3.05, 3.63) is 36.4 Å². The number of anilines is 2. The third kappa shape index (κ3) is 5.51. The van der Waals surface area contributed by atoms with E-state index in [1.807, 2.05) is 11.5 Å². The summed E-state index contributed by atoms with van der Waals surface area (Å²) in [4.78, 5) is 42.2. The Morgan fingerprint density at radius 1 is 1.09 bits per heavy atom. The van der Waals surface area contributed by atoms with Crippen LogP contribution in [-0.4, -0.2) is 46.1 Å². The van der Waals surface area contributed by atoms with Gasteiger partial charge in [-0.1, -0.05) is 0 Å². The molecule has 3 aromatic rings. The van der Waals surface area contributed by atoms with Crippen molar-refractivity contribution in [3.63, 3.8) is 0 Å². The first-order valence-electron chi connectivity index (χ1n) is 10.8. The predicted molar refractivity (Wildman–Crippen MR) is 126 cm³/mol. The molecule has 1 aliphatic carbocycles. The monoisotopic (exact) mass is 494 g/mol. The van der Waals surface area contributed by atoms with Crippen LogP contribution in [0.1, 0.15) is 44.3 Å². The molecule has 1 fully saturated rings. The lowest BCUT2D eigenvalue weighted by Gasteiger charge is -2.25. The summed E-state index contributed by atoms with van der Waals surface area (Å²) in [6, 6.07) is 6.12. The van der Waals surface area contributed by atoms with Gasteiger partial charge < -0.3 is 30.3 Å². The highest BCUT2D eigenvalue weighted by molar-refractivity contribution is 7.77. The average molecular weight is 494 g/mol. The van der Waals surface area contributed by atoms with Crippen LogP contribution < -0.4 is 16.4 Å². The number of aryl methyl sites for hydroxylation is 1. The van der Waals surface area contributed by atoms with Gasteiger partial charge in [-0.05, 0) is 56.9 Å². The Balaban J connectivity index is 1.64. The van der Waals surface area contributed by atoms with Gasteiger partial charge in [0.1, 0.15) is 11.7 Å². The fraction of sp³-hybridized carbons (Fsp3) is 0.450. The Bertz CT molecular complexity index is 1230. The van der Waals surface area contributed by atoms with Crippen molar-refractivity contribution in [3.8, 4) is 0 Å². The number of nitrogens with zero attached hydrogens (tertiary/aromatic N) is 4. The number of nitrogens with one attached hydrogen (secondary N) is 1. The highest BCUT2D eigenvalue weighted by Crippen LogP contribution is 2.53. The van der Waals surface area contributed by atoms with Crippen LogP contribution in [0, 0.1) is 0 Å². The molecule has 4 rings (SSSR count). The minimum Gasteiger partial charge on any atom is -0.341 e. The van der Waals surface area contributed by atoms with E-state index in [1.54, 1.807) is 18.5 Å². The maximum atomic E-state index is 12.4. The van der Waals surface area contributed by atoms with Gasteiger partial charge in [0.2, 0.25) is 7.37 Å². The first kappa shape index (κ1) is 24.0. The topological polar surface area (TPSA) is 176 Å². The van der Waals surface area contributed by atoms with Crippen molar-refractivity contribution in [1.82, 2.24) is 19.5 Å². The molecule has 1 aromatic carbocycles. The number of nitrogens with two attached hydrogens (primary N) is 1. The molecule has 33 heavy (non-hydrogen) atoms. The van der Waals surface area contributed by atoms with Crippen molar-refractivity contribution in [2.24, 2.45) is 5.73 Å². The summed E-state index contributed by atoms with van der Waals surface area (Å²) in [7, 11) is -8.82. The predicted octanol–water partition coefficient (Wildman–Crippen LogP) is 2.61. The number of fused-ring (bicyclic) bond motifs is 1. The smallest absolute Gasteiger partial charge is 0.335 e. The minimum atomic E-state index is -4.63. The Morgan fingerprint density at radius 2 is 1.76 bits per heavy atom. The summed E-state index contributed by atoms with van der Waals surface area (Å²) in [5.74, 6) is 0.394. The highest BCUT2D eigenvalue weighted by atomic mass is 31.2. The highest BCUT2D eigenvalue weighted by Gasteiger charge is 2.31. The van der Waals surface area contributed by atoms with Crippen molar-refractivity contribution in [2.45, 2.75) is 51.1 Å². The van der Waals surface area contributed by atoms with Gasteiger partial charge >= 0.3 is 7.60 Å².